The summed E-state index contributed by atoms with van der Waals surface area (Å²) < 4.78 is 14.6. The number of halogens is 1. The van der Waals surface area contributed by atoms with Crippen LogP contribution in [0.5, 0.6) is 0 Å². The number of fused-ring (bicyclic) bond motifs is 1. The summed E-state index contributed by atoms with van der Waals surface area (Å²) in [5, 5.41) is 13.2. The molecule has 0 fully saturated rings. The Kier molecular flexibility index (Phi) is 4.94. The van der Waals surface area contributed by atoms with Gasteiger partial charge in [0.2, 0.25) is 0 Å². The fourth-order valence-electron chi connectivity index (χ4n) is 3.70. The van der Waals surface area contributed by atoms with Crippen LogP contribution in [0, 0.1) is 5.82 Å². The van der Waals surface area contributed by atoms with Crippen molar-refractivity contribution >= 4 is 5.91 Å². The average molecular weight is 376 g/mol. The molecule has 0 bridgehead atoms. The molecule has 0 saturated carbocycles. The van der Waals surface area contributed by atoms with E-state index < -0.39 is 23.9 Å². The summed E-state index contributed by atoms with van der Waals surface area (Å²) in [6, 6.07) is 19.1. The molecule has 2 atom stereocenters. The SMILES string of the molecule is NCc1ccc2c(c1)[C@@H](NC(=O)c1ccc(-c3ccccc3)cc1F)[C@H](O)C2. The first kappa shape index (κ1) is 18.3. The third kappa shape index (κ3) is 3.42. The second-order valence-corrected chi connectivity index (χ2v) is 7.02. The number of rotatable bonds is 4. The molecular formula is C23H21FN2O2. The molecule has 0 aromatic heterocycles. The first-order valence-corrected chi connectivity index (χ1v) is 9.22. The third-order valence-electron chi connectivity index (χ3n) is 5.20. The van der Waals surface area contributed by atoms with Crippen LogP contribution in [-0.2, 0) is 13.0 Å². The van der Waals surface area contributed by atoms with Gasteiger partial charge in [-0.1, -0.05) is 54.6 Å². The Bertz CT molecular complexity index is 1020. The van der Waals surface area contributed by atoms with E-state index in [1.807, 2.05) is 48.5 Å². The summed E-state index contributed by atoms with van der Waals surface area (Å²) in [7, 11) is 0. The minimum atomic E-state index is -0.751. The van der Waals surface area contributed by atoms with Crippen LogP contribution in [0.4, 0.5) is 4.39 Å². The van der Waals surface area contributed by atoms with Crippen LogP contribution < -0.4 is 11.1 Å². The van der Waals surface area contributed by atoms with E-state index in [-0.39, 0.29) is 5.56 Å². The monoisotopic (exact) mass is 376 g/mol. The van der Waals surface area contributed by atoms with E-state index in [9.17, 15) is 14.3 Å². The molecular weight excluding hydrogens is 355 g/mol. The Morgan fingerprint density at radius 3 is 2.57 bits per heavy atom. The van der Waals surface area contributed by atoms with E-state index in [1.165, 1.54) is 12.1 Å². The maximum Gasteiger partial charge on any atom is 0.254 e. The highest BCUT2D eigenvalue weighted by Gasteiger charge is 2.33. The molecule has 0 spiro atoms. The molecule has 0 unspecified atom stereocenters. The third-order valence-corrected chi connectivity index (χ3v) is 5.20. The van der Waals surface area contributed by atoms with E-state index in [0.29, 0.717) is 18.5 Å². The van der Waals surface area contributed by atoms with Gasteiger partial charge >= 0.3 is 0 Å². The Morgan fingerprint density at radius 2 is 1.86 bits per heavy atom. The van der Waals surface area contributed by atoms with Crippen LogP contribution in [0.25, 0.3) is 11.1 Å². The Hall–Kier alpha value is -3.02. The molecule has 3 aromatic carbocycles. The number of hydrogen-bond acceptors (Lipinski definition) is 3. The largest absolute Gasteiger partial charge is 0.390 e. The maximum atomic E-state index is 14.6. The quantitative estimate of drug-likeness (QED) is 0.654. The van der Waals surface area contributed by atoms with E-state index in [4.69, 9.17) is 5.73 Å². The molecule has 1 aliphatic carbocycles. The molecule has 4 N–H and O–H groups in total. The fraction of sp³-hybridized carbons (Fsp3) is 0.174. The maximum absolute atomic E-state index is 14.6. The lowest BCUT2D eigenvalue weighted by molar-refractivity contribution is 0.0854. The number of aliphatic hydroxyl groups is 1. The van der Waals surface area contributed by atoms with Gasteiger partial charge in [0, 0.05) is 13.0 Å². The van der Waals surface area contributed by atoms with Crippen LogP contribution in [0.15, 0.2) is 66.7 Å². The lowest BCUT2D eigenvalue weighted by Gasteiger charge is -2.19. The van der Waals surface area contributed by atoms with Crippen LogP contribution in [0.3, 0.4) is 0 Å². The van der Waals surface area contributed by atoms with E-state index in [1.54, 1.807) is 6.07 Å². The second-order valence-electron chi connectivity index (χ2n) is 7.02. The van der Waals surface area contributed by atoms with E-state index >= 15 is 0 Å². The van der Waals surface area contributed by atoms with Gasteiger partial charge in [-0.25, -0.2) is 4.39 Å². The van der Waals surface area contributed by atoms with Crippen molar-refractivity contribution in [2.45, 2.75) is 25.1 Å². The highest BCUT2D eigenvalue weighted by atomic mass is 19.1. The van der Waals surface area contributed by atoms with Crippen LogP contribution in [-0.4, -0.2) is 17.1 Å². The molecule has 28 heavy (non-hydrogen) atoms. The molecule has 3 aromatic rings. The van der Waals surface area contributed by atoms with Gasteiger partial charge in [-0.3, -0.25) is 4.79 Å². The number of carbonyl (C=O) groups excluding carboxylic acids is 1. The second kappa shape index (κ2) is 7.54. The molecule has 142 valence electrons. The summed E-state index contributed by atoms with van der Waals surface area (Å²) in [5.41, 5.74) is 9.96. The summed E-state index contributed by atoms with van der Waals surface area (Å²) in [6.45, 7) is 0.375. The predicted octanol–water partition coefficient (Wildman–Crippen LogP) is 3.34. The summed E-state index contributed by atoms with van der Waals surface area (Å²) >= 11 is 0. The smallest absolute Gasteiger partial charge is 0.254 e. The van der Waals surface area contributed by atoms with Crippen molar-refractivity contribution < 1.29 is 14.3 Å². The van der Waals surface area contributed by atoms with Gasteiger partial charge in [0.25, 0.3) is 5.91 Å². The molecule has 0 heterocycles. The minimum Gasteiger partial charge on any atom is -0.390 e. The molecule has 5 heteroatoms. The number of hydrogen-bond donors (Lipinski definition) is 3. The standard InChI is InChI=1S/C23H21FN2O2/c24-20-11-16(15-4-2-1-3-5-15)8-9-18(20)23(28)26-22-19-10-14(13-25)6-7-17(19)12-21(22)27/h1-11,21-22,27H,12-13,25H2,(H,26,28)/t21-,22-/m1/s1. The van der Waals surface area contributed by atoms with Crippen molar-refractivity contribution in [2.24, 2.45) is 5.73 Å². The zero-order valence-electron chi connectivity index (χ0n) is 15.2. The number of benzene rings is 3. The van der Waals surface area contributed by atoms with Gasteiger partial charge in [-0.05, 0) is 39.9 Å². The fourth-order valence-corrected chi connectivity index (χ4v) is 3.70. The number of nitrogens with two attached hydrogens (primary N) is 1. The van der Waals surface area contributed by atoms with Gasteiger partial charge in [0.05, 0.1) is 17.7 Å². The average Bonchev–Trinajstić information content (AvgIpc) is 3.02. The Morgan fingerprint density at radius 1 is 1.07 bits per heavy atom. The summed E-state index contributed by atoms with van der Waals surface area (Å²) in [4.78, 5) is 12.7. The zero-order valence-corrected chi connectivity index (χ0v) is 15.2. The van der Waals surface area contributed by atoms with Gasteiger partial charge in [0.15, 0.2) is 0 Å². The zero-order chi connectivity index (χ0) is 19.7. The van der Waals surface area contributed by atoms with Crippen LogP contribution >= 0.6 is 0 Å². The van der Waals surface area contributed by atoms with Crippen molar-refractivity contribution in [3.8, 4) is 11.1 Å². The predicted molar refractivity (Wildman–Crippen MR) is 106 cm³/mol. The van der Waals surface area contributed by atoms with Gasteiger partial charge in [-0.2, -0.15) is 0 Å². The van der Waals surface area contributed by atoms with Crippen molar-refractivity contribution in [3.05, 3.63) is 94.8 Å². The normalized spacial score (nSPS) is 18.0. The van der Waals surface area contributed by atoms with Gasteiger partial charge < -0.3 is 16.2 Å². The first-order valence-electron chi connectivity index (χ1n) is 9.22. The topological polar surface area (TPSA) is 75.3 Å². The highest BCUT2D eigenvalue weighted by molar-refractivity contribution is 5.95. The summed E-state index contributed by atoms with van der Waals surface area (Å²) in [5.74, 6) is -1.14. The first-order chi connectivity index (χ1) is 13.6. The molecule has 0 radical (unpaired) electrons. The summed E-state index contributed by atoms with van der Waals surface area (Å²) in [6.07, 6.45) is -0.306. The van der Waals surface area contributed by atoms with Gasteiger partial charge in [-0.15, -0.1) is 0 Å². The minimum absolute atomic E-state index is 0.0460. The van der Waals surface area contributed by atoms with Crippen molar-refractivity contribution in [3.63, 3.8) is 0 Å². The van der Waals surface area contributed by atoms with Crippen molar-refractivity contribution in [1.29, 1.82) is 0 Å². The van der Waals surface area contributed by atoms with Crippen molar-refractivity contribution in [2.75, 3.05) is 0 Å². The Balaban J connectivity index is 1.58. The molecule has 0 aliphatic heterocycles. The number of carbonyl (C=O) groups is 1. The molecule has 1 amide bonds. The number of aliphatic hydroxyl groups excluding tert-OH is 1. The highest BCUT2D eigenvalue weighted by Crippen LogP contribution is 2.33. The van der Waals surface area contributed by atoms with Crippen LogP contribution in [0.1, 0.15) is 33.1 Å². The molecule has 0 saturated heterocycles. The molecule has 1 aliphatic rings. The lowest BCUT2D eigenvalue weighted by Crippen LogP contribution is -2.34. The van der Waals surface area contributed by atoms with E-state index in [2.05, 4.69) is 5.32 Å². The van der Waals surface area contributed by atoms with Gasteiger partial charge in [0.1, 0.15) is 5.82 Å². The number of nitrogens with one attached hydrogen (secondary N) is 1. The van der Waals surface area contributed by atoms with E-state index in [0.717, 1.165) is 22.3 Å². The Labute approximate surface area is 162 Å². The molecule has 4 nitrogen and oxygen atoms in total. The lowest BCUT2D eigenvalue weighted by atomic mass is 10.0. The van der Waals surface area contributed by atoms with Crippen molar-refractivity contribution in [1.82, 2.24) is 5.32 Å². The number of amides is 1. The van der Waals surface area contributed by atoms with Crippen LogP contribution in [0.2, 0.25) is 0 Å². The molecule has 4 rings (SSSR count).